The van der Waals surface area contributed by atoms with Crippen LogP contribution in [-0.4, -0.2) is 56.5 Å². The third-order valence-electron chi connectivity index (χ3n) is 3.67. The molecule has 1 saturated heterocycles. The van der Waals surface area contributed by atoms with Crippen LogP contribution in [-0.2, 0) is 14.8 Å². The maximum atomic E-state index is 12.6. The van der Waals surface area contributed by atoms with Crippen LogP contribution < -0.4 is 9.47 Å². The molecule has 21 heavy (non-hydrogen) atoms. The number of rotatable bonds is 2. The van der Waals surface area contributed by atoms with Gasteiger partial charge in [0.2, 0.25) is 22.7 Å². The first kappa shape index (κ1) is 14.2. The van der Waals surface area contributed by atoms with Crippen molar-refractivity contribution >= 4 is 15.9 Å². The van der Waals surface area contributed by atoms with Gasteiger partial charge < -0.3 is 14.4 Å². The number of benzene rings is 1. The quantitative estimate of drug-likeness (QED) is 0.783. The number of carbonyl (C=O) groups excluding carboxylic acids is 1. The van der Waals surface area contributed by atoms with Crippen LogP contribution >= 0.6 is 0 Å². The van der Waals surface area contributed by atoms with Crippen molar-refractivity contribution in [2.24, 2.45) is 0 Å². The van der Waals surface area contributed by atoms with E-state index in [-0.39, 0.29) is 17.6 Å². The van der Waals surface area contributed by atoms with Gasteiger partial charge >= 0.3 is 0 Å². The van der Waals surface area contributed by atoms with Crippen molar-refractivity contribution in [2.45, 2.75) is 11.8 Å². The highest BCUT2D eigenvalue weighted by Crippen LogP contribution is 2.34. The summed E-state index contributed by atoms with van der Waals surface area (Å²) in [6, 6.07) is 4.59. The zero-order valence-corrected chi connectivity index (χ0v) is 12.4. The number of nitrogens with zero attached hydrogens (tertiary/aromatic N) is 2. The molecule has 0 saturated carbocycles. The Bertz CT molecular complexity index is 665. The minimum Gasteiger partial charge on any atom is -0.454 e. The Morgan fingerprint density at radius 3 is 2.43 bits per heavy atom. The van der Waals surface area contributed by atoms with Gasteiger partial charge in [0.1, 0.15) is 0 Å². The van der Waals surface area contributed by atoms with Crippen molar-refractivity contribution in [1.29, 1.82) is 0 Å². The van der Waals surface area contributed by atoms with Crippen LogP contribution in [0.2, 0.25) is 0 Å². The summed E-state index contributed by atoms with van der Waals surface area (Å²) in [5.74, 6) is 0.962. The van der Waals surface area contributed by atoms with Crippen LogP contribution in [0.5, 0.6) is 11.5 Å². The van der Waals surface area contributed by atoms with E-state index in [1.807, 2.05) is 0 Å². The number of fused-ring (bicyclic) bond motifs is 1. The zero-order chi connectivity index (χ0) is 15.0. The van der Waals surface area contributed by atoms with Crippen LogP contribution in [0.1, 0.15) is 6.92 Å². The van der Waals surface area contributed by atoms with Gasteiger partial charge in [0.25, 0.3) is 0 Å². The molecule has 2 aliphatic heterocycles. The maximum Gasteiger partial charge on any atom is 0.243 e. The summed E-state index contributed by atoms with van der Waals surface area (Å²) in [7, 11) is -3.57. The second-order valence-electron chi connectivity index (χ2n) is 4.93. The van der Waals surface area contributed by atoms with Crippen molar-refractivity contribution in [3.05, 3.63) is 18.2 Å². The average molecular weight is 312 g/mol. The predicted octanol–water partition coefficient (Wildman–Crippen LogP) is 0.268. The van der Waals surface area contributed by atoms with Gasteiger partial charge in [-0.15, -0.1) is 0 Å². The van der Waals surface area contributed by atoms with Crippen LogP contribution in [0.25, 0.3) is 0 Å². The fourth-order valence-electron chi connectivity index (χ4n) is 2.43. The highest BCUT2D eigenvalue weighted by molar-refractivity contribution is 7.89. The molecule has 0 unspecified atom stereocenters. The van der Waals surface area contributed by atoms with Gasteiger partial charge in [0.15, 0.2) is 11.5 Å². The van der Waals surface area contributed by atoms with Crippen LogP contribution in [0.15, 0.2) is 23.1 Å². The first-order valence-corrected chi connectivity index (χ1v) is 8.08. The molecule has 3 rings (SSSR count). The average Bonchev–Trinajstić information content (AvgIpc) is 2.94. The first-order valence-electron chi connectivity index (χ1n) is 6.64. The fourth-order valence-corrected chi connectivity index (χ4v) is 3.87. The Balaban J connectivity index is 1.80. The fraction of sp³-hybridized carbons (Fsp3) is 0.462. The number of ether oxygens (including phenoxy) is 2. The summed E-state index contributed by atoms with van der Waals surface area (Å²) in [6.45, 7) is 3.03. The molecule has 8 heteroatoms. The Labute approximate surface area is 123 Å². The molecule has 1 aromatic carbocycles. The lowest BCUT2D eigenvalue weighted by Gasteiger charge is -2.33. The highest BCUT2D eigenvalue weighted by Gasteiger charge is 2.30. The normalized spacial score (nSPS) is 18.8. The summed E-state index contributed by atoms with van der Waals surface area (Å²) in [4.78, 5) is 13.1. The van der Waals surface area contributed by atoms with Crippen molar-refractivity contribution in [3.63, 3.8) is 0 Å². The molecule has 1 amide bonds. The minimum atomic E-state index is -3.57. The van der Waals surface area contributed by atoms with Gasteiger partial charge in [0.05, 0.1) is 4.90 Å². The molecule has 1 aromatic rings. The summed E-state index contributed by atoms with van der Waals surface area (Å²) >= 11 is 0. The largest absolute Gasteiger partial charge is 0.454 e. The Kier molecular flexibility index (Phi) is 3.50. The molecular weight excluding hydrogens is 296 g/mol. The molecule has 0 N–H and O–H groups in total. The van der Waals surface area contributed by atoms with Gasteiger partial charge in [-0.05, 0) is 12.1 Å². The molecular formula is C13H16N2O5S. The van der Waals surface area contributed by atoms with Crippen molar-refractivity contribution in [2.75, 3.05) is 33.0 Å². The molecule has 0 atom stereocenters. The third-order valence-corrected chi connectivity index (χ3v) is 5.56. The van der Waals surface area contributed by atoms with E-state index in [1.165, 1.54) is 23.4 Å². The van der Waals surface area contributed by atoms with E-state index in [0.717, 1.165) is 0 Å². The molecule has 0 aliphatic carbocycles. The van der Waals surface area contributed by atoms with Gasteiger partial charge in [-0.25, -0.2) is 8.42 Å². The van der Waals surface area contributed by atoms with Crippen molar-refractivity contribution < 1.29 is 22.7 Å². The lowest BCUT2D eigenvalue weighted by Crippen LogP contribution is -2.49. The van der Waals surface area contributed by atoms with E-state index < -0.39 is 10.0 Å². The van der Waals surface area contributed by atoms with Gasteiger partial charge in [-0.2, -0.15) is 4.31 Å². The smallest absolute Gasteiger partial charge is 0.243 e. The standard InChI is InChI=1S/C13H16N2O5S/c1-10(16)14-4-6-15(7-5-14)21(17,18)11-2-3-12-13(8-11)20-9-19-12/h2-3,8H,4-7,9H2,1H3. The van der Waals surface area contributed by atoms with Crippen LogP contribution in [0.3, 0.4) is 0 Å². The molecule has 0 aromatic heterocycles. The maximum absolute atomic E-state index is 12.6. The lowest BCUT2D eigenvalue weighted by molar-refractivity contribution is -0.129. The molecule has 0 radical (unpaired) electrons. The van der Waals surface area contributed by atoms with E-state index in [2.05, 4.69) is 0 Å². The van der Waals surface area contributed by atoms with Gasteiger partial charge in [0, 0.05) is 39.2 Å². The third kappa shape index (κ3) is 2.56. The zero-order valence-electron chi connectivity index (χ0n) is 11.6. The van der Waals surface area contributed by atoms with E-state index in [0.29, 0.717) is 37.7 Å². The Morgan fingerprint density at radius 2 is 1.76 bits per heavy atom. The molecule has 1 fully saturated rings. The van der Waals surface area contributed by atoms with E-state index >= 15 is 0 Å². The summed E-state index contributed by atoms with van der Waals surface area (Å²) < 4.78 is 37.0. The second kappa shape index (κ2) is 5.19. The Morgan fingerprint density at radius 1 is 1.10 bits per heavy atom. The Hall–Kier alpha value is -1.80. The molecule has 2 aliphatic rings. The predicted molar refractivity (Wildman–Crippen MR) is 73.6 cm³/mol. The molecule has 0 bridgehead atoms. The van der Waals surface area contributed by atoms with Gasteiger partial charge in [-0.1, -0.05) is 0 Å². The van der Waals surface area contributed by atoms with E-state index in [9.17, 15) is 13.2 Å². The van der Waals surface area contributed by atoms with E-state index in [1.54, 1.807) is 11.0 Å². The van der Waals surface area contributed by atoms with Crippen LogP contribution in [0.4, 0.5) is 0 Å². The summed E-state index contributed by atoms with van der Waals surface area (Å²) in [5.41, 5.74) is 0. The number of amides is 1. The number of carbonyl (C=O) groups is 1. The molecule has 2 heterocycles. The lowest BCUT2D eigenvalue weighted by atomic mass is 10.3. The molecule has 7 nitrogen and oxygen atoms in total. The minimum absolute atomic E-state index is 0.0323. The van der Waals surface area contributed by atoms with Crippen LogP contribution in [0, 0.1) is 0 Å². The van der Waals surface area contributed by atoms with Gasteiger partial charge in [-0.3, -0.25) is 4.79 Å². The monoisotopic (exact) mass is 312 g/mol. The topological polar surface area (TPSA) is 76.2 Å². The number of hydrogen-bond donors (Lipinski definition) is 0. The summed E-state index contributed by atoms with van der Waals surface area (Å²) in [5, 5.41) is 0. The highest BCUT2D eigenvalue weighted by atomic mass is 32.2. The second-order valence-corrected chi connectivity index (χ2v) is 6.86. The number of piperazine rings is 1. The number of hydrogen-bond acceptors (Lipinski definition) is 5. The van der Waals surface area contributed by atoms with Crippen molar-refractivity contribution in [1.82, 2.24) is 9.21 Å². The first-order chi connectivity index (χ1) is 9.98. The molecule has 0 spiro atoms. The SMILES string of the molecule is CC(=O)N1CCN(S(=O)(=O)c2ccc3c(c2)OCO3)CC1. The van der Waals surface area contributed by atoms with E-state index in [4.69, 9.17) is 9.47 Å². The number of sulfonamides is 1. The summed E-state index contributed by atoms with van der Waals surface area (Å²) in [6.07, 6.45) is 0. The van der Waals surface area contributed by atoms with Crippen molar-refractivity contribution in [3.8, 4) is 11.5 Å². The molecule has 114 valence electrons.